The lowest BCUT2D eigenvalue weighted by molar-refractivity contribution is -0.124. The Bertz CT molecular complexity index is 380. The molecule has 1 aromatic rings. The Morgan fingerprint density at radius 2 is 2.28 bits per heavy atom. The summed E-state index contributed by atoms with van der Waals surface area (Å²) in [6, 6.07) is 3.77. The first-order valence-electron chi connectivity index (χ1n) is 6.53. The number of rotatable bonds is 7. The molecular weight excluding hydrogens is 228 g/mol. The van der Waals surface area contributed by atoms with Crippen molar-refractivity contribution >= 4 is 5.91 Å². The smallest absolute Gasteiger partial charge is 0.223 e. The van der Waals surface area contributed by atoms with E-state index in [1.54, 1.807) is 6.20 Å². The lowest BCUT2D eigenvalue weighted by Crippen LogP contribution is -2.28. The van der Waals surface area contributed by atoms with Crippen molar-refractivity contribution in [3.05, 3.63) is 23.9 Å². The highest BCUT2D eigenvalue weighted by Crippen LogP contribution is 2.14. The SMILES string of the molecule is CCCC(C)C(=O)NCc1cccnc1OCC. The van der Waals surface area contributed by atoms with Crippen LogP contribution in [0.1, 0.15) is 39.2 Å². The molecule has 0 spiro atoms. The second kappa shape index (κ2) is 7.69. The lowest BCUT2D eigenvalue weighted by Gasteiger charge is -2.12. The Morgan fingerprint density at radius 3 is 2.94 bits per heavy atom. The fraction of sp³-hybridized carbons (Fsp3) is 0.571. The topological polar surface area (TPSA) is 51.2 Å². The van der Waals surface area contributed by atoms with Gasteiger partial charge >= 0.3 is 0 Å². The quantitative estimate of drug-likeness (QED) is 0.809. The van der Waals surface area contributed by atoms with E-state index < -0.39 is 0 Å². The first-order valence-corrected chi connectivity index (χ1v) is 6.53. The fourth-order valence-electron chi connectivity index (χ4n) is 1.75. The van der Waals surface area contributed by atoms with Gasteiger partial charge in [0, 0.05) is 24.2 Å². The predicted molar refractivity (Wildman–Crippen MR) is 71.3 cm³/mol. The van der Waals surface area contributed by atoms with Crippen LogP contribution in [0.15, 0.2) is 18.3 Å². The fourth-order valence-corrected chi connectivity index (χ4v) is 1.75. The third kappa shape index (κ3) is 4.35. The minimum atomic E-state index is 0.0576. The summed E-state index contributed by atoms with van der Waals surface area (Å²) in [5.41, 5.74) is 0.913. The monoisotopic (exact) mass is 250 g/mol. The molecule has 1 heterocycles. The summed E-state index contributed by atoms with van der Waals surface area (Å²) in [6.07, 6.45) is 3.62. The van der Waals surface area contributed by atoms with E-state index in [-0.39, 0.29) is 11.8 Å². The van der Waals surface area contributed by atoms with E-state index >= 15 is 0 Å². The summed E-state index contributed by atoms with van der Waals surface area (Å²) >= 11 is 0. The van der Waals surface area contributed by atoms with Gasteiger partial charge in [-0.1, -0.05) is 26.3 Å². The average Bonchev–Trinajstić information content (AvgIpc) is 2.38. The van der Waals surface area contributed by atoms with Crippen LogP contribution in [0, 0.1) is 5.92 Å². The van der Waals surface area contributed by atoms with Crippen LogP contribution >= 0.6 is 0 Å². The van der Waals surface area contributed by atoms with Crippen molar-refractivity contribution in [1.29, 1.82) is 0 Å². The molecule has 0 fully saturated rings. The lowest BCUT2D eigenvalue weighted by atomic mass is 10.1. The molecule has 0 aliphatic carbocycles. The van der Waals surface area contributed by atoms with Gasteiger partial charge in [0.15, 0.2) is 0 Å². The molecule has 4 nitrogen and oxygen atoms in total. The van der Waals surface area contributed by atoms with Gasteiger partial charge in [-0.25, -0.2) is 4.98 Å². The zero-order valence-corrected chi connectivity index (χ0v) is 11.4. The van der Waals surface area contributed by atoms with E-state index in [1.165, 1.54) is 0 Å². The van der Waals surface area contributed by atoms with Crippen molar-refractivity contribution in [2.75, 3.05) is 6.61 Å². The van der Waals surface area contributed by atoms with Crippen molar-refractivity contribution in [3.8, 4) is 5.88 Å². The highest BCUT2D eigenvalue weighted by Gasteiger charge is 2.12. The van der Waals surface area contributed by atoms with Crippen LogP contribution in [0.3, 0.4) is 0 Å². The molecule has 0 radical (unpaired) electrons. The Balaban J connectivity index is 2.55. The number of ether oxygens (including phenoxy) is 1. The number of nitrogens with one attached hydrogen (secondary N) is 1. The number of carbonyl (C=O) groups is 1. The van der Waals surface area contributed by atoms with E-state index in [2.05, 4.69) is 17.2 Å². The summed E-state index contributed by atoms with van der Waals surface area (Å²) in [6.45, 7) is 6.99. The Hall–Kier alpha value is -1.58. The van der Waals surface area contributed by atoms with E-state index in [4.69, 9.17) is 4.74 Å². The second-order valence-electron chi connectivity index (χ2n) is 4.31. The van der Waals surface area contributed by atoms with Crippen LogP contribution in [-0.2, 0) is 11.3 Å². The summed E-state index contributed by atoms with van der Waals surface area (Å²) in [5, 5.41) is 2.92. The number of nitrogens with zero attached hydrogens (tertiary/aromatic N) is 1. The number of aromatic nitrogens is 1. The summed E-state index contributed by atoms with van der Waals surface area (Å²) in [4.78, 5) is 16.0. The highest BCUT2D eigenvalue weighted by molar-refractivity contribution is 5.78. The van der Waals surface area contributed by atoms with Gasteiger partial charge in [0.05, 0.1) is 6.61 Å². The number of amides is 1. The number of carbonyl (C=O) groups excluding carboxylic acids is 1. The maximum absolute atomic E-state index is 11.8. The first-order chi connectivity index (χ1) is 8.69. The van der Waals surface area contributed by atoms with Gasteiger partial charge in [-0.15, -0.1) is 0 Å². The zero-order valence-electron chi connectivity index (χ0n) is 11.4. The Kier molecular flexibility index (Phi) is 6.19. The van der Waals surface area contributed by atoms with Gasteiger partial charge in [0.2, 0.25) is 11.8 Å². The molecule has 0 saturated heterocycles. The van der Waals surface area contributed by atoms with E-state index in [0.717, 1.165) is 18.4 Å². The number of hydrogen-bond acceptors (Lipinski definition) is 3. The molecule has 1 atom stereocenters. The molecule has 18 heavy (non-hydrogen) atoms. The summed E-state index contributed by atoms with van der Waals surface area (Å²) < 4.78 is 5.41. The molecule has 1 rings (SSSR count). The van der Waals surface area contributed by atoms with Crippen molar-refractivity contribution in [1.82, 2.24) is 10.3 Å². The first kappa shape index (κ1) is 14.5. The molecule has 0 bridgehead atoms. The van der Waals surface area contributed by atoms with Gasteiger partial charge in [-0.05, 0) is 19.4 Å². The highest BCUT2D eigenvalue weighted by atomic mass is 16.5. The third-order valence-corrected chi connectivity index (χ3v) is 2.75. The van der Waals surface area contributed by atoms with Gasteiger partial charge < -0.3 is 10.1 Å². The minimum Gasteiger partial charge on any atom is -0.478 e. The van der Waals surface area contributed by atoms with Gasteiger partial charge in [0.25, 0.3) is 0 Å². The molecule has 100 valence electrons. The maximum atomic E-state index is 11.8. The Labute approximate surface area is 109 Å². The summed E-state index contributed by atoms with van der Waals surface area (Å²) in [5.74, 6) is 0.744. The van der Waals surface area contributed by atoms with E-state index in [1.807, 2.05) is 26.0 Å². The molecule has 1 N–H and O–H groups in total. The van der Waals surface area contributed by atoms with Crippen LogP contribution in [-0.4, -0.2) is 17.5 Å². The van der Waals surface area contributed by atoms with Crippen LogP contribution in [0.2, 0.25) is 0 Å². The third-order valence-electron chi connectivity index (χ3n) is 2.75. The van der Waals surface area contributed by atoms with Gasteiger partial charge in [-0.3, -0.25) is 4.79 Å². The van der Waals surface area contributed by atoms with Crippen LogP contribution < -0.4 is 10.1 Å². The van der Waals surface area contributed by atoms with E-state index in [9.17, 15) is 4.79 Å². The van der Waals surface area contributed by atoms with Crippen molar-refractivity contribution in [3.63, 3.8) is 0 Å². The van der Waals surface area contributed by atoms with Crippen LogP contribution in [0.4, 0.5) is 0 Å². The standard InChI is InChI=1S/C14H22N2O2/c1-4-7-11(3)13(17)16-10-12-8-6-9-15-14(12)18-5-2/h6,8-9,11H,4-5,7,10H2,1-3H3,(H,16,17). The van der Waals surface area contributed by atoms with Crippen LogP contribution in [0.25, 0.3) is 0 Å². The van der Waals surface area contributed by atoms with Gasteiger partial charge in [-0.2, -0.15) is 0 Å². The molecule has 0 aromatic carbocycles. The molecule has 1 amide bonds. The molecular formula is C14H22N2O2. The zero-order chi connectivity index (χ0) is 13.4. The maximum Gasteiger partial charge on any atom is 0.223 e. The second-order valence-corrected chi connectivity index (χ2v) is 4.31. The molecule has 0 saturated carbocycles. The molecule has 0 aliphatic heterocycles. The number of pyridine rings is 1. The molecule has 1 unspecified atom stereocenters. The summed E-state index contributed by atoms with van der Waals surface area (Å²) in [7, 11) is 0. The van der Waals surface area contributed by atoms with Crippen molar-refractivity contribution < 1.29 is 9.53 Å². The molecule has 4 heteroatoms. The largest absolute Gasteiger partial charge is 0.478 e. The molecule has 1 aromatic heterocycles. The van der Waals surface area contributed by atoms with Crippen molar-refractivity contribution in [2.24, 2.45) is 5.92 Å². The van der Waals surface area contributed by atoms with Crippen LogP contribution in [0.5, 0.6) is 5.88 Å². The molecule has 0 aliphatic rings. The minimum absolute atomic E-state index is 0.0576. The predicted octanol–water partition coefficient (Wildman–Crippen LogP) is 2.53. The van der Waals surface area contributed by atoms with E-state index in [0.29, 0.717) is 19.0 Å². The number of hydrogen-bond donors (Lipinski definition) is 1. The van der Waals surface area contributed by atoms with Crippen molar-refractivity contribution in [2.45, 2.75) is 40.2 Å². The average molecular weight is 250 g/mol. The Morgan fingerprint density at radius 1 is 1.50 bits per heavy atom. The normalized spacial score (nSPS) is 11.9. The van der Waals surface area contributed by atoms with Gasteiger partial charge in [0.1, 0.15) is 0 Å².